The lowest BCUT2D eigenvalue weighted by atomic mass is 9.89. The molecule has 1 aromatic carbocycles. The minimum atomic E-state index is -0.127. The summed E-state index contributed by atoms with van der Waals surface area (Å²) >= 11 is 0. The van der Waals surface area contributed by atoms with E-state index in [-0.39, 0.29) is 30.4 Å². The summed E-state index contributed by atoms with van der Waals surface area (Å²) in [7, 11) is 3.14. The van der Waals surface area contributed by atoms with Crippen molar-refractivity contribution in [2.75, 3.05) is 20.8 Å². The van der Waals surface area contributed by atoms with E-state index in [2.05, 4.69) is 24.5 Å². The summed E-state index contributed by atoms with van der Waals surface area (Å²) in [5.74, 6) is 1.51. The average Bonchev–Trinajstić information content (AvgIpc) is 2.50. The van der Waals surface area contributed by atoms with Crippen LogP contribution < -0.4 is 20.1 Å². The predicted octanol–water partition coefficient (Wildman–Crippen LogP) is 2.24. The van der Waals surface area contributed by atoms with Gasteiger partial charge in [0.2, 0.25) is 0 Å². The molecule has 1 heterocycles. The zero-order chi connectivity index (χ0) is 15.4. The van der Waals surface area contributed by atoms with Crippen LogP contribution in [0.2, 0.25) is 0 Å². The second-order valence-corrected chi connectivity index (χ2v) is 5.57. The first-order chi connectivity index (χ1) is 10.1. The minimum absolute atomic E-state index is 0. The number of rotatable bonds is 4. The highest BCUT2D eigenvalue weighted by molar-refractivity contribution is 5.97. The highest BCUT2D eigenvalue weighted by Crippen LogP contribution is 2.25. The van der Waals surface area contributed by atoms with Crippen LogP contribution in [0.4, 0.5) is 0 Å². The van der Waals surface area contributed by atoms with Crippen LogP contribution >= 0.6 is 12.4 Å². The molecule has 6 heteroatoms. The summed E-state index contributed by atoms with van der Waals surface area (Å²) in [6.45, 7) is 5.27. The lowest BCUT2D eigenvalue weighted by Crippen LogP contribution is -2.55. The van der Waals surface area contributed by atoms with Gasteiger partial charge < -0.3 is 20.1 Å². The minimum Gasteiger partial charge on any atom is -0.497 e. The van der Waals surface area contributed by atoms with Crippen LogP contribution in [0.1, 0.15) is 30.6 Å². The van der Waals surface area contributed by atoms with Crippen molar-refractivity contribution in [2.24, 2.45) is 5.92 Å². The largest absolute Gasteiger partial charge is 0.497 e. The van der Waals surface area contributed by atoms with Crippen LogP contribution in [0.15, 0.2) is 18.2 Å². The first-order valence-corrected chi connectivity index (χ1v) is 7.33. The lowest BCUT2D eigenvalue weighted by molar-refractivity contribution is 0.0894. The van der Waals surface area contributed by atoms with Crippen molar-refractivity contribution in [3.8, 4) is 11.5 Å². The molecule has 0 aromatic heterocycles. The molecule has 1 aliphatic heterocycles. The molecule has 124 valence electrons. The summed E-state index contributed by atoms with van der Waals surface area (Å²) in [5, 5.41) is 6.52. The number of piperidine rings is 1. The van der Waals surface area contributed by atoms with Crippen LogP contribution in [0, 0.1) is 5.92 Å². The Morgan fingerprint density at radius 2 is 2.00 bits per heavy atom. The summed E-state index contributed by atoms with van der Waals surface area (Å²) in [6.07, 6.45) is 1.06. The second kappa shape index (κ2) is 8.25. The molecule has 0 radical (unpaired) electrons. The van der Waals surface area contributed by atoms with Gasteiger partial charge in [0.1, 0.15) is 11.5 Å². The Kier molecular flexibility index (Phi) is 6.97. The molecular weight excluding hydrogens is 304 g/mol. The fourth-order valence-corrected chi connectivity index (χ4v) is 2.83. The number of benzene rings is 1. The van der Waals surface area contributed by atoms with Gasteiger partial charge in [0.15, 0.2) is 0 Å². The van der Waals surface area contributed by atoms with Crippen LogP contribution in [0.5, 0.6) is 11.5 Å². The number of nitrogens with one attached hydrogen (secondary N) is 2. The van der Waals surface area contributed by atoms with E-state index in [4.69, 9.17) is 9.47 Å². The van der Waals surface area contributed by atoms with Crippen molar-refractivity contribution >= 4 is 18.3 Å². The van der Waals surface area contributed by atoms with E-state index in [0.717, 1.165) is 13.0 Å². The Balaban J connectivity index is 0.00000242. The van der Waals surface area contributed by atoms with Crippen molar-refractivity contribution in [3.63, 3.8) is 0 Å². The normalized spacial score (nSPS) is 24.1. The van der Waals surface area contributed by atoms with E-state index in [1.807, 2.05) is 0 Å². The molecule has 1 aliphatic rings. The summed E-state index contributed by atoms with van der Waals surface area (Å²) < 4.78 is 10.5. The van der Waals surface area contributed by atoms with Gasteiger partial charge in [0.05, 0.1) is 19.8 Å². The van der Waals surface area contributed by atoms with Gasteiger partial charge in [-0.25, -0.2) is 0 Å². The van der Waals surface area contributed by atoms with Gasteiger partial charge in [-0.3, -0.25) is 4.79 Å². The first kappa shape index (κ1) is 18.6. The number of hydrogen-bond donors (Lipinski definition) is 2. The Hall–Kier alpha value is -1.46. The summed E-state index contributed by atoms with van der Waals surface area (Å²) in [6, 6.07) is 5.61. The van der Waals surface area contributed by atoms with E-state index < -0.39 is 0 Å². The van der Waals surface area contributed by atoms with E-state index in [0.29, 0.717) is 23.0 Å². The standard InChI is InChI=1S/C16H24N2O3.ClH/c1-10-7-8-17-11(2)15(10)18-16(19)13-9-12(20-3)5-6-14(13)21-4;/h5-6,9-11,15,17H,7-8H2,1-4H3,(H,18,19);1H. The van der Waals surface area contributed by atoms with E-state index in [1.54, 1.807) is 32.4 Å². The molecule has 0 aliphatic carbocycles. The number of hydrogen-bond acceptors (Lipinski definition) is 4. The van der Waals surface area contributed by atoms with Gasteiger partial charge in [-0.1, -0.05) is 6.92 Å². The fraction of sp³-hybridized carbons (Fsp3) is 0.562. The molecule has 0 spiro atoms. The van der Waals surface area contributed by atoms with Gasteiger partial charge >= 0.3 is 0 Å². The quantitative estimate of drug-likeness (QED) is 0.890. The second-order valence-electron chi connectivity index (χ2n) is 5.57. The third kappa shape index (κ3) is 4.05. The Morgan fingerprint density at radius 1 is 1.27 bits per heavy atom. The van der Waals surface area contributed by atoms with E-state index >= 15 is 0 Å². The van der Waals surface area contributed by atoms with Crippen molar-refractivity contribution < 1.29 is 14.3 Å². The van der Waals surface area contributed by atoms with Gasteiger partial charge in [-0.05, 0) is 44.0 Å². The van der Waals surface area contributed by atoms with Gasteiger partial charge in [0, 0.05) is 12.1 Å². The molecule has 1 saturated heterocycles. The molecule has 22 heavy (non-hydrogen) atoms. The topological polar surface area (TPSA) is 59.6 Å². The number of methoxy groups -OCH3 is 2. The highest BCUT2D eigenvalue weighted by Gasteiger charge is 2.29. The fourth-order valence-electron chi connectivity index (χ4n) is 2.83. The Bertz CT molecular complexity index is 500. The molecule has 2 N–H and O–H groups in total. The van der Waals surface area contributed by atoms with Gasteiger partial charge in [0.25, 0.3) is 5.91 Å². The zero-order valence-corrected chi connectivity index (χ0v) is 14.3. The molecule has 2 rings (SSSR count). The third-order valence-electron chi connectivity index (χ3n) is 4.17. The van der Waals surface area contributed by atoms with Crippen LogP contribution in [0.25, 0.3) is 0 Å². The number of halogens is 1. The van der Waals surface area contributed by atoms with Crippen molar-refractivity contribution in [3.05, 3.63) is 23.8 Å². The summed E-state index contributed by atoms with van der Waals surface area (Å²) in [5.41, 5.74) is 0.502. The van der Waals surface area contributed by atoms with Crippen molar-refractivity contribution in [1.29, 1.82) is 0 Å². The van der Waals surface area contributed by atoms with Crippen molar-refractivity contribution in [2.45, 2.75) is 32.4 Å². The maximum Gasteiger partial charge on any atom is 0.255 e. The number of carbonyl (C=O) groups is 1. The van der Waals surface area contributed by atoms with Crippen LogP contribution in [-0.2, 0) is 0 Å². The molecule has 1 aromatic rings. The van der Waals surface area contributed by atoms with E-state index in [1.165, 1.54) is 0 Å². The lowest BCUT2D eigenvalue weighted by Gasteiger charge is -2.36. The molecule has 1 fully saturated rings. The molecule has 5 nitrogen and oxygen atoms in total. The van der Waals surface area contributed by atoms with Gasteiger partial charge in [-0.2, -0.15) is 0 Å². The van der Waals surface area contributed by atoms with Gasteiger partial charge in [-0.15, -0.1) is 12.4 Å². The average molecular weight is 329 g/mol. The summed E-state index contributed by atoms with van der Waals surface area (Å²) in [4.78, 5) is 12.6. The van der Waals surface area contributed by atoms with Crippen LogP contribution in [0.3, 0.4) is 0 Å². The predicted molar refractivity (Wildman–Crippen MR) is 89.3 cm³/mol. The van der Waals surface area contributed by atoms with Crippen molar-refractivity contribution in [1.82, 2.24) is 10.6 Å². The molecule has 3 unspecified atom stereocenters. The zero-order valence-electron chi connectivity index (χ0n) is 13.5. The van der Waals surface area contributed by atoms with E-state index in [9.17, 15) is 4.79 Å². The highest BCUT2D eigenvalue weighted by atomic mass is 35.5. The number of amides is 1. The maximum absolute atomic E-state index is 12.6. The van der Waals surface area contributed by atoms with Crippen LogP contribution in [-0.4, -0.2) is 38.8 Å². The number of carbonyl (C=O) groups excluding carboxylic acids is 1. The maximum atomic E-state index is 12.6. The third-order valence-corrected chi connectivity index (χ3v) is 4.17. The molecule has 1 amide bonds. The first-order valence-electron chi connectivity index (χ1n) is 7.33. The SMILES string of the molecule is COc1ccc(OC)c(C(=O)NC2C(C)CCNC2C)c1.Cl. The molecule has 0 saturated carbocycles. The molecular formula is C16H25ClN2O3. The molecule has 3 atom stereocenters. The molecule has 0 bridgehead atoms. The monoisotopic (exact) mass is 328 g/mol. The Morgan fingerprint density at radius 3 is 2.59 bits per heavy atom. The Labute approximate surface area is 138 Å². The number of ether oxygens (including phenoxy) is 2. The smallest absolute Gasteiger partial charge is 0.255 e.